The Morgan fingerprint density at radius 3 is 2.82 bits per heavy atom. The van der Waals surface area contributed by atoms with Crippen LogP contribution in [0.25, 0.3) is 0 Å². The molecule has 0 fully saturated rings. The summed E-state index contributed by atoms with van der Waals surface area (Å²) < 4.78 is 33.4. The second kappa shape index (κ2) is 3.02. The number of aromatic nitrogens is 1. The SMILES string of the molecule is O=S(=O)(O)CCc1cocn1. The maximum atomic E-state index is 10.2. The second-order valence-electron chi connectivity index (χ2n) is 2.02. The van der Waals surface area contributed by atoms with Crippen molar-refractivity contribution in [3.05, 3.63) is 18.4 Å². The maximum absolute atomic E-state index is 10.2. The lowest BCUT2D eigenvalue weighted by molar-refractivity contribution is 0.482. The van der Waals surface area contributed by atoms with Crippen LogP contribution in [0.1, 0.15) is 5.69 Å². The summed E-state index contributed by atoms with van der Waals surface area (Å²) in [4.78, 5) is 3.68. The molecule has 0 atom stereocenters. The predicted octanol–water partition coefficient (Wildman–Crippen LogP) is 0.105. The van der Waals surface area contributed by atoms with Crippen molar-refractivity contribution in [2.24, 2.45) is 0 Å². The van der Waals surface area contributed by atoms with Gasteiger partial charge >= 0.3 is 0 Å². The van der Waals surface area contributed by atoms with E-state index in [0.29, 0.717) is 5.69 Å². The summed E-state index contributed by atoms with van der Waals surface area (Å²) in [6.07, 6.45) is 2.72. The molecule has 11 heavy (non-hydrogen) atoms. The third-order valence-corrected chi connectivity index (χ3v) is 1.82. The van der Waals surface area contributed by atoms with Crippen LogP contribution in [0.3, 0.4) is 0 Å². The van der Waals surface area contributed by atoms with Crippen LogP contribution in [0.5, 0.6) is 0 Å². The molecule has 0 aliphatic rings. The molecule has 1 heterocycles. The Morgan fingerprint density at radius 2 is 2.36 bits per heavy atom. The summed E-state index contributed by atoms with van der Waals surface area (Å²) in [5.41, 5.74) is 0.516. The Hall–Kier alpha value is -0.880. The van der Waals surface area contributed by atoms with Crippen molar-refractivity contribution in [1.29, 1.82) is 0 Å². The summed E-state index contributed by atoms with van der Waals surface area (Å²) in [5.74, 6) is -0.320. The number of oxazole rings is 1. The lowest BCUT2D eigenvalue weighted by Crippen LogP contribution is -2.06. The van der Waals surface area contributed by atoms with Gasteiger partial charge in [0, 0.05) is 6.42 Å². The fourth-order valence-corrected chi connectivity index (χ4v) is 1.06. The van der Waals surface area contributed by atoms with Crippen LogP contribution in [0, 0.1) is 0 Å². The molecule has 1 N–H and O–H groups in total. The molecular weight excluding hydrogens is 170 g/mol. The first kappa shape index (κ1) is 8.22. The van der Waals surface area contributed by atoms with Gasteiger partial charge in [-0.3, -0.25) is 4.55 Å². The van der Waals surface area contributed by atoms with E-state index >= 15 is 0 Å². The van der Waals surface area contributed by atoms with E-state index in [-0.39, 0.29) is 12.2 Å². The molecule has 0 aliphatic heterocycles. The van der Waals surface area contributed by atoms with Crippen molar-refractivity contribution >= 4 is 10.1 Å². The molecule has 0 amide bonds. The van der Waals surface area contributed by atoms with Gasteiger partial charge in [0.15, 0.2) is 6.39 Å². The minimum absolute atomic E-state index is 0.176. The molecule has 1 rings (SSSR count). The minimum Gasteiger partial charge on any atom is -0.451 e. The zero-order chi connectivity index (χ0) is 8.32. The standard InChI is InChI=1S/C5H7NO4S/c7-11(8,9)2-1-5-3-10-4-6-5/h3-4H,1-2H2,(H,7,8,9). The largest absolute Gasteiger partial charge is 0.451 e. The van der Waals surface area contributed by atoms with Gasteiger partial charge in [0.05, 0.1) is 11.4 Å². The van der Waals surface area contributed by atoms with Crippen molar-refractivity contribution in [1.82, 2.24) is 4.98 Å². The molecule has 0 saturated carbocycles. The molecular formula is C5H7NO4S. The topological polar surface area (TPSA) is 80.4 Å². The molecule has 0 bridgehead atoms. The Kier molecular flexibility index (Phi) is 2.25. The first-order valence-electron chi connectivity index (χ1n) is 2.90. The fraction of sp³-hybridized carbons (Fsp3) is 0.400. The van der Waals surface area contributed by atoms with Crippen LogP contribution in [-0.2, 0) is 16.5 Å². The smallest absolute Gasteiger partial charge is 0.265 e. The van der Waals surface area contributed by atoms with Gasteiger partial charge in [0.25, 0.3) is 10.1 Å². The molecule has 0 radical (unpaired) electrons. The number of rotatable bonds is 3. The highest BCUT2D eigenvalue weighted by Crippen LogP contribution is 1.97. The molecule has 6 heteroatoms. The van der Waals surface area contributed by atoms with Crippen LogP contribution in [0.4, 0.5) is 0 Å². The van der Waals surface area contributed by atoms with E-state index in [9.17, 15) is 8.42 Å². The average molecular weight is 177 g/mol. The normalized spacial score (nSPS) is 11.7. The van der Waals surface area contributed by atoms with Gasteiger partial charge in [0.1, 0.15) is 6.26 Å². The van der Waals surface area contributed by atoms with E-state index in [1.54, 1.807) is 0 Å². The molecule has 1 aromatic rings. The number of aryl methyl sites for hydroxylation is 1. The maximum Gasteiger partial charge on any atom is 0.265 e. The van der Waals surface area contributed by atoms with Crippen molar-refractivity contribution in [3.63, 3.8) is 0 Å². The lowest BCUT2D eigenvalue weighted by atomic mass is 10.4. The van der Waals surface area contributed by atoms with Gasteiger partial charge in [0.2, 0.25) is 0 Å². The van der Waals surface area contributed by atoms with Crippen LogP contribution >= 0.6 is 0 Å². The van der Waals surface area contributed by atoms with Gasteiger partial charge in [-0.2, -0.15) is 8.42 Å². The Bertz CT molecular complexity index is 301. The van der Waals surface area contributed by atoms with E-state index in [0.717, 1.165) is 0 Å². The summed E-state index contributed by atoms with van der Waals surface area (Å²) in [7, 11) is -3.88. The number of hydrogen-bond donors (Lipinski definition) is 1. The predicted molar refractivity (Wildman–Crippen MR) is 36.6 cm³/mol. The highest BCUT2D eigenvalue weighted by Gasteiger charge is 2.05. The summed E-state index contributed by atoms with van der Waals surface area (Å²) in [6.45, 7) is 0. The molecule has 0 aromatic carbocycles. The Morgan fingerprint density at radius 1 is 1.64 bits per heavy atom. The summed E-state index contributed by atoms with van der Waals surface area (Å²) in [5, 5.41) is 0. The van der Waals surface area contributed by atoms with Crippen molar-refractivity contribution in [2.75, 3.05) is 5.75 Å². The lowest BCUT2D eigenvalue weighted by Gasteiger charge is -1.91. The molecule has 5 nitrogen and oxygen atoms in total. The second-order valence-corrected chi connectivity index (χ2v) is 3.59. The third-order valence-electron chi connectivity index (χ3n) is 1.10. The van der Waals surface area contributed by atoms with E-state index in [1.165, 1.54) is 12.7 Å². The zero-order valence-electron chi connectivity index (χ0n) is 5.60. The molecule has 1 aromatic heterocycles. The first-order valence-corrected chi connectivity index (χ1v) is 4.51. The summed E-state index contributed by atoms with van der Waals surface area (Å²) >= 11 is 0. The summed E-state index contributed by atoms with van der Waals surface area (Å²) in [6, 6.07) is 0. The monoisotopic (exact) mass is 177 g/mol. The zero-order valence-corrected chi connectivity index (χ0v) is 6.41. The molecule has 0 unspecified atom stereocenters. The van der Waals surface area contributed by atoms with E-state index in [1.807, 2.05) is 0 Å². The van der Waals surface area contributed by atoms with Gasteiger partial charge in [-0.1, -0.05) is 0 Å². The van der Waals surface area contributed by atoms with Crippen molar-refractivity contribution in [2.45, 2.75) is 6.42 Å². The van der Waals surface area contributed by atoms with Gasteiger partial charge in [-0.15, -0.1) is 0 Å². The molecule has 0 aliphatic carbocycles. The van der Waals surface area contributed by atoms with Crippen LogP contribution in [0.2, 0.25) is 0 Å². The highest BCUT2D eigenvalue weighted by atomic mass is 32.2. The minimum atomic E-state index is -3.88. The highest BCUT2D eigenvalue weighted by molar-refractivity contribution is 7.85. The van der Waals surface area contributed by atoms with Crippen molar-refractivity contribution in [3.8, 4) is 0 Å². The number of hydrogen-bond acceptors (Lipinski definition) is 4. The van der Waals surface area contributed by atoms with E-state index < -0.39 is 10.1 Å². The number of nitrogens with zero attached hydrogens (tertiary/aromatic N) is 1. The first-order chi connectivity index (χ1) is 5.08. The van der Waals surface area contributed by atoms with Gasteiger partial charge < -0.3 is 4.42 Å². The van der Waals surface area contributed by atoms with Crippen molar-refractivity contribution < 1.29 is 17.4 Å². The molecule has 0 saturated heterocycles. The van der Waals surface area contributed by atoms with Crippen LogP contribution < -0.4 is 0 Å². The van der Waals surface area contributed by atoms with E-state index in [4.69, 9.17) is 4.55 Å². The third kappa shape index (κ3) is 3.15. The van der Waals surface area contributed by atoms with E-state index in [2.05, 4.69) is 9.40 Å². The molecule has 0 spiro atoms. The Balaban J connectivity index is 2.48. The fourth-order valence-electron chi connectivity index (χ4n) is 0.595. The van der Waals surface area contributed by atoms with Gasteiger partial charge in [-0.25, -0.2) is 4.98 Å². The Labute approximate surface area is 63.8 Å². The van der Waals surface area contributed by atoms with Crippen LogP contribution in [0.15, 0.2) is 17.1 Å². The quantitative estimate of drug-likeness (QED) is 0.662. The molecule has 62 valence electrons. The average Bonchev–Trinajstić information content (AvgIpc) is 2.32. The van der Waals surface area contributed by atoms with Crippen LogP contribution in [-0.4, -0.2) is 23.7 Å². The van der Waals surface area contributed by atoms with Gasteiger partial charge in [-0.05, 0) is 0 Å².